The van der Waals surface area contributed by atoms with E-state index in [4.69, 9.17) is 23.8 Å². The van der Waals surface area contributed by atoms with Crippen molar-refractivity contribution in [3.63, 3.8) is 0 Å². The van der Waals surface area contributed by atoms with E-state index < -0.39 is 0 Å². The van der Waals surface area contributed by atoms with Gasteiger partial charge in [0.25, 0.3) is 0 Å². The van der Waals surface area contributed by atoms with Crippen LogP contribution in [0.5, 0.6) is 0 Å². The van der Waals surface area contributed by atoms with Crippen molar-refractivity contribution >= 4 is 40.3 Å². The molecule has 0 aliphatic rings. The summed E-state index contributed by atoms with van der Waals surface area (Å²) >= 11 is 12.2. The summed E-state index contributed by atoms with van der Waals surface area (Å²) in [5.41, 5.74) is 1.25. The summed E-state index contributed by atoms with van der Waals surface area (Å²) in [6, 6.07) is 7.85. The Kier molecular flexibility index (Phi) is 3.93. The molecule has 0 unspecified atom stereocenters. The van der Waals surface area contributed by atoms with E-state index in [0.29, 0.717) is 3.95 Å². The van der Waals surface area contributed by atoms with Crippen molar-refractivity contribution in [2.45, 2.75) is 6.42 Å². The largest absolute Gasteiger partial charge is 0.360 e. The SMILES string of the molecule is S=c1[nH]nc(NCCc2ccc(Cl)cc2)s1. The maximum absolute atomic E-state index is 5.80. The number of benzene rings is 1. The van der Waals surface area contributed by atoms with Crippen molar-refractivity contribution in [1.29, 1.82) is 0 Å². The second kappa shape index (κ2) is 5.43. The minimum Gasteiger partial charge on any atom is -0.360 e. The molecule has 6 heteroatoms. The second-order valence-electron chi connectivity index (χ2n) is 3.22. The molecule has 2 N–H and O–H groups in total. The van der Waals surface area contributed by atoms with Crippen LogP contribution in [0.1, 0.15) is 5.56 Å². The summed E-state index contributed by atoms with van der Waals surface area (Å²) in [5.74, 6) is 0. The zero-order valence-corrected chi connectivity index (χ0v) is 10.8. The van der Waals surface area contributed by atoms with Crippen LogP contribution in [0.25, 0.3) is 0 Å². The van der Waals surface area contributed by atoms with Gasteiger partial charge in [0.05, 0.1) is 0 Å². The Balaban J connectivity index is 1.84. The molecular weight excluding hydrogens is 262 g/mol. The molecule has 1 heterocycles. The molecule has 0 aliphatic heterocycles. The van der Waals surface area contributed by atoms with Gasteiger partial charge in [0, 0.05) is 11.6 Å². The Morgan fingerprint density at radius 2 is 2.12 bits per heavy atom. The fourth-order valence-electron chi connectivity index (χ4n) is 1.27. The molecule has 0 aliphatic carbocycles. The lowest BCUT2D eigenvalue weighted by molar-refractivity contribution is 0.992. The summed E-state index contributed by atoms with van der Waals surface area (Å²) in [7, 11) is 0. The van der Waals surface area contributed by atoms with E-state index in [1.807, 2.05) is 24.3 Å². The van der Waals surface area contributed by atoms with E-state index in [2.05, 4.69) is 15.5 Å². The third-order valence-electron chi connectivity index (χ3n) is 2.04. The number of halogens is 1. The highest BCUT2D eigenvalue weighted by Crippen LogP contribution is 2.12. The summed E-state index contributed by atoms with van der Waals surface area (Å²) in [4.78, 5) is 0. The third kappa shape index (κ3) is 3.30. The normalized spacial score (nSPS) is 10.3. The van der Waals surface area contributed by atoms with Crippen LogP contribution in [0.3, 0.4) is 0 Å². The molecule has 0 saturated heterocycles. The van der Waals surface area contributed by atoms with Gasteiger partial charge in [-0.2, -0.15) is 0 Å². The lowest BCUT2D eigenvalue weighted by Gasteiger charge is -2.02. The highest BCUT2D eigenvalue weighted by Gasteiger charge is 1.97. The summed E-state index contributed by atoms with van der Waals surface area (Å²) in [5, 5.41) is 11.5. The van der Waals surface area contributed by atoms with Crippen LogP contribution in [0.15, 0.2) is 24.3 Å². The Morgan fingerprint density at radius 1 is 1.38 bits per heavy atom. The minimum absolute atomic E-state index is 0.689. The smallest absolute Gasteiger partial charge is 0.204 e. The van der Waals surface area contributed by atoms with E-state index in [1.165, 1.54) is 16.9 Å². The number of aromatic amines is 1. The number of hydrogen-bond donors (Lipinski definition) is 2. The number of aromatic nitrogens is 2. The molecule has 0 atom stereocenters. The quantitative estimate of drug-likeness (QED) is 0.836. The highest BCUT2D eigenvalue weighted by atomic mass is 35.5. The number of anilines is 1. The van der Waals surface area contributed by atoms with Gasteiger partial charge in [-0.3, -0.25) is 5.10 Å². The zero-order chi connectivity index (χ0) is 11.4. The molecule has 2 rings (SSSR count). The molecule has 1 aromatic carbocycles. The first-order chi connectivity index (χ1) is 7.74. The Hall–Kier alpha value is -0.910. The average Bonchev–Trinajstić information content (AvgIpc) is 2.67. The van der Waals surface area contributed by atoms with Gasteiger partial charge in [0.2, 0.25) is 5.13 Å². The minimum atomic E-state index is 0.689. The van der Waals surface area contributed by atoms with Crippen molar-refractivity contribution in [2.75, 3.05) is 11.9 Å². The third-order valence-corrected chi connectivity index (χ3v) is 3.34. The fourth-order valence-corrected chi connectivity index (χ4v) is 2.21. The molecular formula is C10H10ClN3S2. The molecule has 2 aromatic rings. The molecule has 0 saturated carbocycles. The number of hydrogen-bond acceptors (Lipinski definition) is 4. The second-order valence-corrected chi connectivity index (χ2v) is 5.32. The van der Waals surface area contributed by atoms with Gasteiger partial charge in [-0.25, -0.2) is 0 Å². The van der Waals surface area contributed by atoms with E-state index >= 15 is 0 Å². The molecule has 0 spiro atoms. The molecule has 3 nitrogen and oxygen atoms in total. The lowest BCUT2D eigenvalue weighted by atomic mass is 10.1. The number of H-pyrrole nitrogens is 1. The maximum atomic E-state index is 5.80. The van der Waals surface area contributed by atoms with Gasteiger partial charge in [-0.05, 0) is 36.3 Å². The van der Waals surface area contributed by atoms with Crippen LogP contribution in [-0.4, -0.2) is 16.7 Å². The van der Waals surface area contributed by atoms with Gasteiger partial charge in [0.1, 0.15) is 0 Å². The van der Waals surface area contributed by atoms with Gasteiger partial charge in [-0.1, -0.05) is 35.1 Å². The van der Waals surface area contributed by atoms with Crippen LogP contribution >= 0.6 is 35.2 Å². The molecule has 0 amide bonds. The van der Waals surface area contributed by atoms with Crippen molar-refractivity contribution in [3.8, 4) is 0 Å². The fraction of sp³-hybridized carbons (Fsp3) is 0.200. The first-order valence-corrected chi connectivity index (χ1v) is 6.38. The molecule has 84 valence electrons. The molecule has 16 heavy (non-hydrogen) atoms. The van der Waals surface area contributed by atoms with Crippen LogP contribution in [0.2, 0.25) is 5.02 Å². The average molecular weight is 272 g/mol. The Labute approximate surface area is 107 Å². The summed E-state index contributed by atoms with van der Waals surface area (Å²) in [6.45, 7) is 0.831. The van der Waals surface area contributed by atoms with Crippen molar-refractivity contribution in [3.05, 3.63) is 38.8 Å². The first-order valence-electron chi connectivity index (χ1n) is 4.78. The van der Waals surface area contributed by atoms with Gasteiger partial charge in [0.15, 0.2) is 3.95 Å². The number of nitrogens with one attached hydrogen (secondary N) is 2. The van der Waals surface area contributed by atoms with Crippen LogP contribution in [-0.2, 0) is 6.42 Å². The van der Waals surface area contributed by atoms with Gasteiger partial charge < -0.3 is 5.32 Å². The number of rotatable bonds is 4. The predicted molar refractivity (Wildman–Crippen MR) is 70.9 cm³/mol. The monoisotopic (exact) mass is 271 g/mol. The number of nitrogens with zero attached hydrogens (tertiary/aromatic N) is 1. The lowest BCUT2D eigenvalue weighted by Crippen LogP contribution is -2.04. The molecule has 1 aromatic heterocycles. The van der Waals surface area contributed by atoms with E-state index in [-0.39, 0.29) is 0 Å². The van der Waals surface area contributed by atoms with E-state index in [1.54, 1.807) is 0 Å². The van der Waals surface area contributed by atoms with Crippen LogP contribution in [0.4, 0.5) is 5.13 Å². The summed E-state index contributed by atoms with van der Waals surface area (Å²) in [6.07, 6.45) is 0.934. The predicted octanol–water partition coefficient (Wildman–Crippen LogP) is 3.51. The van der Waals surface area contributed by atoms with Gasteiger partial charge in [-0.15, -0.1) is 5.10 Å². The zero-order valence-electron chi connectivity index (χ0n) is 8.37. The molecule has 0 bridgehead atoms. The van der Waals surface area contributed by atoms with E-state index in [0.717, 1.165) is 23.1 Å². The Bertz CT molecular complexity index is 503. The van der Waals surface area contributed by atoms with Crippen molar-refractivity contribution in [2.24, 2.45) is 0 Å². The highest BCUT2D eigenvalue weighted by molar-refractivity contribution is 7.73. The molecule has 0 fully saturated rings. The van der Waals surface area contributed by atoms with E-state index in [9.17, 15) is 0 Å². The molecule has 0 radical (unpaired) electrons. The van der Waals surface area contributed by atoms with Crippen LogP contribution < -0.4 is 5.32 Å². The van der Waals surface area contributed by atoms with Gasteiger partial charge >= 0.3 is 0 Å². The standard InChI is InChI=1S/C10H10ClN3S2/c11-8-3-1-7(2-4-8)5-6-12-9-13-14-10(15)16-9/h1-4H,5-6H2,(H,12,13)(H,14,15). The van der Waals surface area contributed by atoms with Crippen LogP contribution in [0, 0.1) is 3.95 Å². The summed E-state index contributed by atoms with van der Waals surface area (Å²) < 4.78 is 0.689. The Morgan fingerprint density at radius 3 is 2.75 bits per heavy atom. The first kappa shape index (κ1) is 11.6. The maximum Gasteiger partial charge on any atom is 0.204 e. The van der Waals surface area contributed by atoms with Crippen molar-refractivity contribution in [1.82, 2.24) is 10.2 Å². The topological polar surface area (TPSA) is 40.7 Å². The van der Waals surface area contributed by atoms with Crippen molar-refractivity contribution < 1.29 is 0 Å².